The largest absolute Gasteiger partial charge is 0.479 e. The average molecular weight is 272 g/mol. The summed E-state index contributed by atoms with van der Waals surface area (Å²) >= 11 is 0. The van der Waals surface area contributed by atoms with Crippen LogP contribution in [-0.2, 0) is 4.74 Å². The fraction of sp³-hybridized carbons (Fsp3) is 0.562. The van der Waals surface area contributed by atoms with Gasteiger partial charge in [-0.15, -0.1) is 0 Å². The van der Waals surface area contributed by atoms with Crippen LogP contribution in [0.15, 0.2) is 24.3 Å². The van der Waals surface area contributed by atoms with Gasteiger partial charge in [0.25, 0.3) is 0 Å². The van der Waals surface area contributed by atoms with Crippen LogP contribution in [0.5, 0.6) is 5.75 Å². The van der Waals surface area contributed by atoms with Crippen LogP contribution < -0.4 is 10.1 Å². The van der Waals surface area contributed by atoms with E-state index in [1.165, 1.54) is 0 Å². The van der Waals surface area contributed by atoms with E-state index in [0.29, 0.717) is 18.1 Å². The molecule has 3 unspecified atom stereocenters. The van der Waals surface area contributed by atoms with Gasteiger partial charge >= 0.3 is 0 Å². The Morgan fingerprint density at radius 2 is 2.35 bits per heavy atom. The Morgan fingerprint density at radius 1 is 1.50 bits per heavy atom. The summed E-state index contributed by atoms with van der Waals surface area (Å²) in [6.07, 6.45) is 1.52. The molecule has 4 nitrogen and oxygen atoms in total. The number of anilines is 1. The molecule has 2 aliphatic rings. The number of benzene rings is 1. The molecule has 0 aromatic heterocycles. The Morgan fingerprint density at radius 3 is 3.15 bits per heavy atom. The number of nitriles is 1. The summed E-state index contributed by atoms with van der Waals surface area (Å²) in [5.41, 5.74) is 1.20. The SMILES string of the molecule is CC1(C)C(Nc2cccc(OCC#N)c2)C2CCOC21. The first kappa shape index (κ1) is 13.3. The predicted molar refractivity (Wildman–Crippen MR) is 76.6 cm³/mol. The van der Waals surface area contributed by atoms with Gasteiger partial charge in [-0.05, 0) is 18.6 Å². The lowest BCUT2D eigenvalue weighted by molar-refractivity contribution is -0.0923. The summed E-state index contributed by atoms with van der Waals surface area (Å²) in [7, 11) is 0. The van der Waals surface area contributed by atoms with Crippen LogP contribution in [0.4, 0.5) is 5.69 Å². The van der Waals surface area contributed by atoms with Crippen molar-refractivity contribution in [3.63, 3.8) is 0 Å². The fourth-order valence-corrected chi connectivity index (χ4v) is 3.59. The molecule has 1 saturated heterocycles. The summed E-state index contributed by atoms with van der Waals surface area (Å²) in [4.78, 5) is 0. The lowest BCUT2D eigenvalue weighted by Gasteiger charge is -2.55. The summed E-state index contributed by atoms with van der Waals surface area (Å²) in [6, 6.07) is 10.2. The van der Waals surface area contributed by atoms with Crippen molar-refractivity contribution in [2.24, 2.45) is 11.3 Å². The first-order valence-corrected chi connectivity index (χ1v) is 7.11. The second-order valence-corrected chi connectivity index (χ2v) is 6.16. The molecule has 106 valence electrons. The van der Waals surface area contributed by atoms with E-state index in [2.05, 4.69) is 19.2 Å². The van der Waals surface area contributed by atoms with Crippen molar-refractivity contribution in [2.75, 3.05) is 18.5 Å². The van der Waals surface area contributed by atoms with Crippen molar-refractivity contribution in [3.8, 4) is 11.8 Å². The average Bonchev–Trinajstić information content (AvgIpc) is 2.90. The minimum Gasteiger partial charge on any atom is -0.479 e. The normalized spacial score (nSPS) is 29.9. The van der Waals surface area contributed by atoms with Crippen LogP contribution in [0.1, 0.15) is 20.3 Å². The fourth-order valence-electron chi connectivity index (χ4n) is 3.59. The highest BCUT2D eigenvalue weighted by molar-refractivity contribution is 5.50. The van der Waals surface area contributed by atoms with E-state index in [4.69, 9.17) is 14.7 Å². The topological polar surface area (TPSA) is 54.3 Å². The number of hydrogen-bond acceptors (Lipinski definition) is 4. The summed E-state index contributed by atoms with van der Waals surface area (Å²) in [5.74, 6) is 1.33. The van der Waals surface area contributed by atoms with E-state index in [1.54, 1.807) is 0 Å². The second kappa shape index (κ2) is 4.99. The van der Waals surface area contributed by atoms with Crippen molar-refractivity contribution < 1.29 is 9.47 Å². The lowest BCUT2D eigenvalue weighted by Crippen LogP contribution is -2.63. The standard InChI is InChI=1S/C16H20N2O2/c1-16(2)14(13-6-8-20-15(13)16)18-11-4-3-5-12(10-11)19-9-7-17/h3-5,10,13-15,18H,6,8-9H2,1-2H3. The van der Waals surface area contributed by atoms with Gasteiger partial charge in [0, 0.05) is 35.7 Å². The van der Waals surface area contributed by atoms with Crippen molar-refractivity contribution in [1.29, 1.82) is 5.26 Å². The zero-order valence-electron chi connectivity index (χ0n) is 11.9. The second-order valence-electron chi connectivity index (χ2n) is 6.16. The molecular formula is C16H20N2O2. The molecule has 1 heterocycles. The Hall–Kier alpha value is -1.73. The van der Waals surface area contributed by atoms with E-state index in [9.17, 15) is 0 Å². The molecule has 1 N–H and O–H groups in total. The van der Waals surface area contributed by atoms with Crippen molar-refractivity contribution in [1.82, 2.24) is 0 Å². The van der Waals surface area contributed by atoms with Gasteiger partial charge in [-0.25, -0.2) is 0 Å². The van der Waals surface area contributed by atoms with Gasteiger partial charge in [0.1, 0.15) is 11.8 Å². The molecule has 20 heavy (non-hydrogen) atoms. The first-order chi connectivity index (χ1) is 9.63. The third-order valence-electron chi connectivity index (χ3n) is 4.56. The molecule has 1 aromatic carbocycles. The van der Waals surface area contributed by atoms with Gasteiger partial charge in [-0.1, -0.05) is 19.9 Å². The first-order valence-electron chi connectivity index (χ1n) is 7.11. The van der Waals surface area contributed by atoms with E-state index in [-0.39, 0.29) is 12.0 Å². The molecule has 1 saturated carbocycles. The highest BCUT2D eigenvalue weighted by Crippen LogP contribution is 2.53. The van der Waals surface area contributed by atoms with Gasteiger partial charge in [-0.3, -0.25) is 0 Å². The summed E-state index contributed by atoms with van der Waals surface area (Å²) in [5, 5.41) is 12.2. The molecule has 0 radical (unpaired) electrons. The third-order valence-corrected chi connectivity index (χ3v) is 4.56. The minimum absolute atomic E-state index is 0.0803. The number of ether oxygens (including phenoxy) is 2. The molecule has 0 spiro atoms. The Labute approximate surface area is 119 Å². The van der Waals surface area contributed by atoms with E-state index >= 15 is 0 Å². The highest BCUT2D eigenvalue weighted by Gasteiger charge is 2.59. The quantitative estimate of drug-likeness (QED) is 0.915. The maximum absolute atomic E-state index is 8.56. The molecule has 3 rings (SSSR count). The van der Waals surface area contributed by atoms with Crippen LogP contribution in [0.3, 0.4) is 0 Å². The van der Waals surface area contributed by atoms with Crippen molar-refractivity contribution in [3.05, 3.63) is 24.3 Å². The molecule has 0 bridgehead atoms. The zero-order chi connectivity index (χ0) is 14.2. The van der Waals surface area contributed by atoms with Crippen LogP contribution in [0, 0.1) is 22.7 Å². The molecule has 0 amide bonds. The number of fused-ring (bicyclic) bond motifs is 1. The van der Waals surface area contributed by atoms with Crippen LogP contribution in [0.2, 0.25) is 0 Å². The van der Waals surface area contributed by atoms with Crippen LogP contribution in [0.25, 0.3) is 0 Å². The molecule has 3 atom stereocenters. The van der Waals surface area contributed by atoms with Crippen LogP contribution >= 0.6 is 0 Å². The molecule has 4 heteroatoms. The zero-order valence-corrected chi connectivity index (χ0v) is 11.9. The molecule has 1 aliphatic heterocycles. The molecule has 1 aromatic rings. The van der Waals surface area contributed by atoms with Crippen LogP contribution in [-0.4, -0.2) is 25.4 Å². The van der Waals surface area contributed by atoms with Gasteiger partial charge in [0.2, 0.25) is 0 Å². The van der Waals surface area contributed by atoms with Gasteiger partial charge in [-0.2, -0.15) is 5.26 Å². The Balaban J connectivity index is 1.70. The monoisotopic (exact) mass is 272 g/mol. The molecule has 2 fully saturated rings. The Kier molecular flexibility index (Phi) is 3.31. The number of nitrogens with one attached hydrogen (secondary N) is 1. The summed E-state index contributed by atoms with van der Waals surface area (Å²) in [6.45, 7) is 5.47. The third kappa shape index (κ3) is 2.12. The van der Waals surface area contributed by atoms with E-state index < -0.39 is 0 Å². The van der Waals surface area contributed by atoms with Crippen molar-refractivity contribution >= 4 is 5.69 Å². The van der Waals surface area contributed by atoms with Gasteiger partial charge < -0.3 is 14.8 Å². The van der Waals surface area contributed by atoms with Crippen molar-refractivity contribution in [2.45, 2.75) is 32.4 Å². The number of nitrogens with zero attached hydrogens (tertiary/aromatic N) is 1. The highest BCUT2D eigenvalue weighted by atomic mass is 16.5. The van der Waals surface area contributed by atoms with E-state index in [0.717, 1.165) is 24.5 Å². The maximum Gasteiger partial charge on any atom is 0.174 e. The maximum atomic E-state index is 8.56. The minimum atomic E-state index is 0.0803. The van der Waals surface area contributed by atoms with Gasteiger partial charge in [0.05, 0.1) is 6.10 Å². The molecular weight excluding hydrogens is 252 g/mol. The predicted octanol–water partition coefficient (Wildman–Crippen LogP) is 2.81. The Bertz CT molecular complexity index is 536. The summed E-state index contributed by atoms with van der Waals surface area (Å²) < 4.78 is 11.2. The van der Waals surface area contributed by atoms with E-state index in [1.807, 2.05) is 30.3 Å². The smallest absolute Gasteiger partial charge is 0.174 e. The number of hydrogen-bond donors (Lipinski definition) is 1. The lowest BCUT2D eigenvalue weighted by atomic mass is 9.57. The van der Waals surface area contributed by atoms with Gasteiger partial charge in [0.15, 0.2) is 6.61 Å². The molecule has 1 aliphatic carbocycles. The number of rotatable bonds is 4.